The van der Waals surface area contributed by atoms with E-state index in [0.29, 0.717) is 5.56 Å². The van der Waals surface area contributed by atoms with E-state index in [2.05, 4.69) is 11.6 Å². The summed E-state index contributed by atoms with van der Waals surface area (Å²) in [6, 6.07) is 3.14. The zero-order valence-corrected chi connectivity index (χ0v) is 6.60. The van der Waals surface area contributed by atoms with Crippen LogP contribution in [-0.2, 0) is 0 Å². The topological polar surface area (TPSA) is 56.0 Å². The molecule has 0 radical (unpaired) electrons. The molecule has 3 nitrogen and oxygen atoms in total. The third-order valence-corrected chi connectivity index (χ3v) is 1.54. The number of aldehydes is 1. The Morgan fingerprint density at radius 2 is 2.33 bits per heavy atom. The van der Waals surface area contributed by atoms with E-state index in [1.54, 1.807) is 18.2 Å². The SMILES string of the molecule is C=C[C@@H](N)c1ccc(C=O)cn1. The number of hydrogen-bond donors (Lipinski definition) is 1. The highest BCUT2D eigenvalue weighted by Crippen LogP contribution is 2.07. The summed E-state index contributed by atoms with van der Waals surface area (Å²) in [5.74, 6) is 0. The summed E-state index contributed by atoms with van der Waals surface area (Å²) in [7, 11) is 0. The summed E-state index contributed by atoms with van der Waals surface area (Å²) in [5.41, 5.74) is 6.89. The third kappa shape index (κ3) is 1.77. The number of rotatable bonds is 3. The minimum atomic E-state index is -0.259. The van der Waals surface area contributed by atoms with Crippen LogP contribution in [0.3, 0.4) is 0 Å². The third-order valence-electron chi connectivity index (χ3n) is 1.54. The fourth-order valence-corrected chi connectivity index (χ4v) is 0.804. The minimum absolute atomic E-state index is 0.259. The minimum Gasteiger partial charge on any atom is -0.319 e. The van der Waals surface area contributed by atoms with Gasteiger partial charge in [0, 0.05) is 11.8 Å². The van der Waals surface area contributed by atoms with Gasteiger partial charge in [0.25, 0.3) is 0 Å². The summed E-state index contributed by atoms with van der Waals surface area (Å²) in [5, 5.41) is 0. The lowest BCUT2D eigenvalue weighted by Gasteiger charge is -2.03. The second-order valence-corrected chi connectivity index (χ2v) is 2.40. The molecule has 0 aromatic carbocycles. The van der Waals surface area contributed by atoms with Crippen LogP contribution in [0.25, 0.3) is 0 Å². The maximum atomic E-state index is 10.3. The molecule has 0 saturated heterocycles. The van der Waals surface area contributed by atoms with E-state index in [-0.39, 0.29) is 6.04 Å². The molecule has 2 N–H and O–H groups in total. The molecule has 0 bridgehead atoms. The first kappa shape index (κ1) is 8.62. The first-order valence-electron chi connectivity index (χ1n) is 3.57. The monoisotopic (exact) mass is 162 g/mol. The molecule has 0 aliphatic carbocycles. The first-order valence-corrected chi connectivity index (χ1v) is 3.57. The van der Waals surface area contributed by atoms with Crippen molar-refractivity contribution in [3.8, 4) is 0 Å². The number of hydrogen-bond acceptors (Lipinski definition) is 3. The normalized spacial score (nSPS) is 12.1. The van der Waals surface area contributed by atoms with E-state index in [4.69, 9.17) is 5.73 Å². The molecule has 3 heteroatoms. The lowest BCUT2D eigenvalue weighted by Crippen LogP contribution is -2.08. The van der Waals surface area contributed by atoms with Gasteiger partial charge in [0.15, 0.2) is 6.29 Å². The average molecular weight is 162 g/mol. The molecule has 0 amide bonds. The number of nitrogens with zero attached hydrogens (tertiary/aromatic N) is 1. The molecule has 1 rings (SSSR count). The Kier molecular flexibility index (Phi) is 2.71. The molecule has 1 aromatic heterocycles. The van der Waals surface area contributed by atoms with Crippen LogP contribution in [-0.4, -0.2) is 11.3 Å². The molecule has 0 aliphatic rings. The number of nitrogens with two attached hydrogens (primary N) is 1. The van der Waals surface area contributed by atoms with Crippen LogP contribution in [0.4, 0.5) is 0 Å². The van der Waals surface area contributed by atoms with Crippen molar-refractivity contribution in [3.63, 3.8) is 0 Å². The van der Waals surface area contributed by atoms with Gasteiger partial charge in [0.05, 0.1) is 11.7 Å². The van der Waals surface area contributed by atoms with Gasteiger partial charge in [-0.15, -0.1) is 6.58 Å². The van der Waals surface area contributed by atoms with Gasteiger partial charge in [0.1, 0.15) is 0 Å². The van der Waals surface area contributed by atoms with Crippen LogP contribution in [0.2, 0.25) is 0 Å². The Labute approximate surface area is 70.9 Å². The molecule has 62 valence electrons. The Balaban J connectivity index is 2.91. The van der Waals surface area contributed by atoms with Gasteiger partial charge in [-0.3, -0.25) is 9.78 Å². The average Bonchev–Trinajstić information content (AvgIpc) is 2.17. The quantitative estimate of drug-likeness (QED) is 0.534. The van der Waals surface area contributed by atoms with Crippen molar-refractivity contribution in [2.75, 3.05) is 0 Å². The van der Waals surface area contributed by atoms with E-state index in [0.717, 1.165) is 12.0 Å². The smallest absolute Gasteiger partial charge is 0.151 e. The summed E-state index contributed by atoms with van der Waals surface area (Å²) in [4.78, 5) is 14.3. The lowest BCUT2D eigenvalue weighted by molar-refractivity contribution is 0.112. The van der Waals surface area contributed by atoms with Crippen LogP contribution in [0.1, 0.15) is 22.1 Å². The largest absolute Gasteiger partial charge is 0.319 e. The van der Waals surface area contributed by atoms with Crippen molar-refractivity contribution in [2.24, 2.45) is 5.73 Å². The Morgan fingerprint density at radius 1 is 1.58 bits per heavy atom. The number of pyridine rings is 1. The summed E-state index contributed by atoms with van der Waals surface area (Å²) >= 11 is 0. The maximum absolute atomic E-state index is 10.3. The highest BCUT2D eigenvalue weighted by Gasteiger charge is 2.01. The maximum Gasteiger partial charge on any atom is 0.151 e. The first-order chi connectivity index (χ1) is 5.77. The Morgan fingerprint density at radius 3 is 2.75 bits per heavy atom. The zero-order valence-electron chi connectivity index (χ0n) is 6.60. The fourth-order valence-electron chi connectivity index (χ4n) is 0.804. The Bertz CT molecular complexity index is 279. The number of carbonyl (C=O) groups is 1. The van der Waals surface area contributed by atoms with Crippen molar-refractivity contribution >= 4 is 6.29 Å². The number of aromatic nitrogens is 1. The van der Waals surface area contributed by atoms with Crippen LogP contribution < -0.4 is 5.73 Å². The van der Waals surface area contributed by atoms with E-state index < -0.39 is 0 Å². The summed E-state index contributed by atoms with van der Waals surface area (Å²) < 4.78 is 0. The molecule has 0 saturated carbocycles. The molecular formula is C9H10N2O. The van der Waals surface area contributed by atoms with Crippen LogP contribution in [0, 0.1) is 0 Å². The molecule has 12 heavy (non-hydrogen) atoms. The highest BCUT2D eigenvalue weighted by molar-refractivity contribution is 5.73. The van der Waals surface area contributed by atoms with Crippen molar-refractivity contribution in [2.45, 2.75) is 6.04 Å². The van der Waals surface area contributed by atoms with Crippen molar-refractivity contribution in [1.29, 1.82) is 0 Å². The molecular weight excluding hydrogens is 152 g/mol. The number of carbonyl (C=O) groups excluding carboxylic acids is 1. The van der Waals surface area contributed by atoms with Crippen molar-refractivity contribution in [3.05, 3.63) is 42.2 Å². The Hall–Kier alpha value is -1.48. The fraction of sp³-hybridized carbons (Fsp3) is 0.111. The highest BCUT2D eigenvalue weighted by atomic mass is 16.1. The lowest BCUT2D eigenvalue weighted by atomic mass is 10.2. The standard InChI is InChI=1S/C9H10N2O/c1-2-8(10)9-4-3-7(6-12)5-11-9/h2-6,8H,1,10H2/t8-/m1/s1. The van der Waals surface area contributed by atoms with Gasteiger partial charge < -0.3 is 5.73 Å². The second kappa shape index (κ2) is 3.78. The molecule has 0 spiro atoms. The molecule has 1 atom stereocenters. The molecule has 1 heterocycles. The molecule has 0 unspecified atom stereocenters. The predicted octanol–water partition coefficient (Wildman–Crippen LogP) is 1.08. The summed E-state index contributed by atoms with van der Waals surface area (Å²) in [6.07, 6.45) is 3.84. The molecule has 1 aromatic rings. The van der Waals surface area contributed by atoms with Crippen LogP contribution >= 0.6 is 0 Å². The van der Waals surface area contributed by atoms with E-state index >= 15 is 0 Å². The van der Waals surface area contributed by atoms with Crippen LogP contribution in [0.15, 0.2) is 31.0 Å². The second-order valence-electron chi connectivity index (χ2n) is 2.40. The van der Waals surface area contributed by atoms with Crippen molar-refractivity contribution < 1.29 is 4.79 Å². The van der Waals surface area contributed by atoms with Gasteiger partial charge in [-0.1, -0.05) is 6.08 Å². The van der Waals surface area contributed by atoms with E-state index in [9.17, 15) is 4.79 Å². The van der Waals surface area contributed by atoms with Gasteiger partial charge >= 0.3 is 0 Å². The molecule has 0 aliphatic heterocycles. The van der Waals surface area contributed by atoms with Crippen molar-refractivity contribution in [1.82, 2.24) is 4.98 Å². The van der Waals surface area contributed by atoms with E-state index in [1.807, 2.05) is 0 Å². The van der Waals surface area contributed by atoms with Crippen LogP contribution in [0.5, 0.6) is 0 Å². The predicted molar refractivity (Wildman–Crippen MR) is 46.7 cm³/mol. The van der Waals surface area contributed by atoms with Gasteiger partial charge in [-0.2, -0.15) is 0 Å². The molecule has 0 fully saturated rings. The van der Waals surface area contributed by atoms with E-state index in [1.165, 1.54) is 6.20 Å². The zero-order chi connectivity index (χ0) is 8.97. The summed E-state index contributed by atoms with van der Waals surface area (Å²) in [6.45, 7) is 3.55. The van der Waals surface area contributed by atoms with Gasteiger partial charge in [-0.25, -0.2) is 0 Å². The van der Waals surface area contributed by atoms with Gasteiger partial charge in [-0.05, 0) is 12.1 Å². The van der Waals surface area contributed by atoms with Gasteiger partial charge in [0.2, 0.25) is 0 Å².